The van der Waals surface area contributed by atoms with Gasteiger partial charge in [0, 0.05) is 23.1 Å². The topological polar surface area (TPSA) is 42.7 Å². The van der Waals surface area contributed by atoms with Crippen LogP contribution in [-0.4, -0.2) is 36.9 Å². The summed E-state index contributed by atoms with van der Waals surface area (Å²) in [6.07, 6.45) is 0.974. The standard InChI is InChI=1S/C32H37NO3/c1-7-33(8-2)14-11-15-35-31-23(5)19-25(20-24(31)6)30(34)29-27-12-9-10-13-28(27)36-32(29)26-17-21(3)16-22(4)18-26/h9-10,12-13,16-20H,7-8,11,14-15H2,1-6H3. The van der Waals surface area contributed by atoms with Gasteiger partial charge < -0.3 is 14.1 Å². The highest BCUT2D eigenvalue weighted by Crippen LogP contribution is 2.37. The van der Waals surface area contributed by atoms with E-state index in [0.29, 0.717) is 23.5 Å². The Balaban J connectivity index is 1.67. The van der Waals surface area contributed by atoms with E-state index in [2.05, 4.69) is 50.8 Å². The number of carbonyl (C=O) groups excluding carboxylic acids is 1. The Morgan fingerprint density at radius 3 is 2.17 bits per heavy atom. The smallest absolute Gasteiger partial charge is 0.197 e. The van der Waals surface area contributed by atoms with Gasteiger partial charge in [-0.05, 0) is 88.7 Å². The minimum absolute atomic E-state index is 0.0339. The Morgan fingerprint density at radius 1 is 0.889 bits per heavy atom. The molecule has 4 nitrogen and oxygen atoms in total. The second-order valence-corrected chi connectivity index (χ2v) is 9.68. The van der Waals surface area contributed by atoms with Crippen molar-refractivity contribution < 1.29 is 13.9 Å². The van der Waals surface area contributed by atoms with Crippen molar-refractivity contribution in [3.05, 3.63) is 88.0 Å². The fraction of sp³-hybridized carbons (Fsp3) is 0.344. The molecule has 4 heteroatoms. The summed E-state index contributed by atoms with van der Waals surface area (Å²) in [4.78, 5) is 16.4. The number of nitrogens with zero attached hydrogens (tertiary/aromatic N) is 1. The van der Waals surface area contributed by atoms with E-state index in [-0.39, 0.29) is 5.78 Å². The highest BCUT2D eigenvalue weighted by molar-refractivity contribution is 6.19. The molecule has 0 saturated heterocycles. The molecule has 0 unspecified atom stereocenters. The quantitative estimate of drug-likeness (QED) is 0.171. The molecule has 0 amide bonds. The lowest BCUT2D eigenvalue weighted by atomic mass is 9.94. The molecule has 0 aliphatic heterocycles. The zero-order valence-electron chi connectivity index (χ0n) is 22.4. The molecule has 188 valence electrons. The molecule has 0 bridgehead atoms. The average Bonchev–Trinajstić information content (AvgIpc) is 3.24. The van der Waals surface area contributed by atoms with Crippen molar-refractivity contribution in [2.75, 3.05) is 26.2 Å². The van der Waals surface area contributed by atoms with Crippen LogP contribution in [0.2, 0.25) is 0 Å². The molecule has 0 N–H and O–H groups in total. The summed E-state index contributed by atoms with van der Waals surface area (Å²) < 4.78 is 12.4. The normalized spacial score (nSPS) is 11.4. The van der Waals surface area contributed by atoms with Gasteiger partial charge in [0.15, 0.2) is 5.78 Å². The summed E-state index contributed by atoms with van der Waals surface area (Å²) in [5.41, 5.74) is 7.13. The third kappa shape index (κ3) is 5.39. The SMILES string of the molecule is CCN(CC)CCCOc1c(C)cc(C(=O)c2c(-c3cc(C)cc(C)c3)oc3ccccc23)cc1C. The Morgan fingerprint density at radius 2 is 1.53 bits per heavy atom. The van der Waals surface area contributed by atoms with Crippen molar-refractivity contribution in [2.45, 2.75) is 48.0 Å². The van der Waals surface area contributed by atoms with Crippen LogP contribution in [0.5, 0.6) is 5.75 Å². The summed E-state index contributed by atoms with van der Waals surface area (Å²) in [7, 11) is 0. The van der Waals surface area contributed by atoms with Gasteiger partial charge in [0.1, 0.15) is 17.1 Å². The molecule has 36 heavy (non-hydrogen) atoms. The van der Waals surface area contributed by atoms with Crippen LogP contribution in [0.4, 0.5) is 0 Å². The van der Waals surface area contributed by atoms with Gasteiger partial charge in [0.05, 0.1) is 12.2 Å². The van der Waals surface area contributed by atoms with Crippen LogP contribution in [0.15, 0.2) is 59.0 Å². The number of furan rings is 1. The lowest BCUT2D eigenvalue weighted by Gasteiger charge is -2.19. The first-order chi connectivity index (χ1) is 17.3. The van der Waals surface area contributed by atoms with Crippen molar-refractivity contribution in [1.29, 1.82) is 0 Å². The number of hydrogen-bond donors (Lipinski definition) is 0. The molecule has 0 atom stereocenters. The Labute approximate surface area is 214 Å². The van der Waals surface area contributed by atoms with Crippen LogP contribution in [0, 0.1) is 27.7 Å². The maximum Gasteiger partial charge on any atom is 0.197 e. The third-order valence-electron chi connectivity index (χ3n) is 6.79. The largest absolute Gasteiger partial charge is 0.493 e. The number of carbonyl (C=O) groups is 1. The van der Waals surface area contributed by atoms with Crippen molar-refractivity contribution >= 4 is 16.8 Å². The number of ether oxygens (including phenoxy) is 1. The first kappa shape index (κ1) is 25.7. The van der Waals surface area contributed by atoms with Gasteiger partial charge in [-0.25, -0.2) is 0 Å². The highest BCUT2D eigenvalue weighted by atomic mass is 16.5. The van der Waals surface area contributed by atoms with Crippen LogP contribution in [0.25, 0.3) is 22.3 Å². The summed E-state index contributed by atoms with van der Waals surface area (Å²) in [5, 5.41) is 0.837. The molecule has 0 radical (unpaired) electrons. The second kappa shape index (κ2) is 11.1. The molecule has 0 fully saturated rings. The van der Waals surface area contributed by atoms with E-state index in [1.54, 1.807) is 0 Å². The van der Waals surface area contributed by atoms with Crippen LogP contribution < -0.4 is 4.74 Å². The van der Waals surface area contributed by atoms with Gasteiger partial charge >= 0.3 is 0 Å². The molecule has 0 spiro atoms. The van der Waals surface area contributed by atoms with Gasteiger partial charge in [0.25, 0.3) is 0 Å². The lowest BCUT2D eigenvalue weighted by Crippen LogP contribution is -2.25. The third-order valence-corrected chi connectivity index (χ3v) is 6.79. The zero-order valence-corrected chi connectivity index (χ0v) is 22.4. The molecule has 0 aliphatic rings. The highest BCUT2D eigenvalue weighted by Gasteiger charge is 2.24. The number of rotatable bonds is 10. The van der Waals surface area contributed by atoms with E-state index in [0.717, 1.165) is 70.6 Å². The van der Waals surface area contributed by atoms with Crippen LogP contribution in [0.3, 0.4) is 0 Å². The minimum Gasteiger partial charge on any atom is -0.493 e. The van der Waals surface area contributed by atoms with E-state index in [9.17, 15) is 4.79 Å². The van der Waals surface area contributed by atoms with Gasteiger partial charge in [-0.2, -0.15) is 0 Å². The number of para-hydroxylation sites is 1. The fourth-order valence-electron chi connectivity index (χ4n) is 5.04. The van der Waals surface area contributed by atoms with E-state index in [1.807, 2.05) is 50.2 Å². The molecule has 0 aliphatic carbocycles. The summed E-state index contributed by atoms with van der Waals surface area (Å²) in [5.74, 6) is 1.46. The van der Waals surface area contributed by atoms with Gasteiger partial charge in [-0.3, -0.25) is 4.79 Å². The first-order valence-electron chi connectivity index (χ1n) is 12.9. The van der Waals surface area contributed by atoms with E-state index in [1.165, 1.54) is 0 Å². The molecule has 1 heterocycles. The van der Waals surface area contributed by atoms with Crippen molar-refractivity contribution in [3.8, 4) is 17.1 Å². The molecule has 0 saturated carbocycles. The molecule has 4 aromatic rings. The fourth-order valence-corrected chi connectivity index (χ4v) is 5.04. The predicted molar refractivity (Wildman–Crippen MR) is 148 cm³/mol. The Kier molecular flexibility index (Phi) is 7.95. The van der Waals surface area contributed by atoms with Gasteiger partial charge in [-0.1, -0.05) is 49.2 Å². The Bertz CT molecular complexity index is 1330. The van der Waals surface area contributed by atoms with Crippen molar-refractivity contribution in [3.63, 3.8) is 0 Å². The zero-order chi connectivity index (χ0) is 25.8. The van der Waals surface area contributed by atoms with Crippen LogP contribution in [0.1, 0.15) is 58.4 Å². The first-order valence-corrected chi connectivity index (χ1v) is 12.9. The molecular formula is C32H37NO3. The van der Waals surface area contributed by atoms with E-state index >= 15 is 0 Å². The number of ketones is 1. The van der Waals surface area contributed by atoms with Crippen LogP contribution in [-0.2, 0) is 0 Å². The Hall–Kier alpha value is -3.37. The summed E-state index contributed by atoms with van der Waals surface area (Å²) in [6, 6.07) is 17.9. The van der Waals surface area contributed by atoms with E-state index in [4.69, 9.17) is 9.15 Å². The second-order valence-electron chi connectivity index (χ2n) is 9.68. The predicted octanol–water partition coefficient (Wildman–Crippen LogP) is 7.68. The maximum atomic E-state index is 14.0. The number of hydrogen-bond acceptors (Lipinski definition) is 4. The summed E-state index contributed by atoms with van der Waals surface area (Å²) in [6.45, 7) is 16.3. The minimum atomic E-state index is -0.0339. The van der Waals surface area contributed by atoms with Gasteiger partial charge in [-0.15, -0.1) is 0 Å². The number of aryl methyl sites for hydroxylation is 4. The van der Waals surface area contributed by atoms with Crippen molar-refractivity contribution in [1.82, 2.24) is 4.90 Å². The molecule has 4 rings (SSSR count). The summed E-state index contributed by atoms with van der Waals surface area (Å²) >= 11 is 0. The van der Waals surface area contributed by atoms with E-state index < -0.39 is 0 Å². The monoisotopic (exact) mass is 483 g/mol. The maximum absolute atomic E-state index is 14.0. The molecule has 1 aromatic heterocycles. The lowest BCUT2D eigenvalue weighted by molar-refractivity contribution is 0.104. The average molecular weight is 484 g/mol. The number of fused-ring (bicyclic) bond motifs is 1. The van der Waals surface area contributed by atoms with Gasteiger partial charge in [0.2, 0.25) is 0 Å². The van der Waals surface area contributed by atoms with Crippen LogP contribution >= 0.6 is 0 Å². The molecular weight excluding hydrogens is 446 g/mol. The number of benzene rings is 3. The van der Waals surface area contributed by atoms with Crippen molar-refractivity contribution in [2.24, 2.45) is 0 Å². The molecule has 3 aromatic carbocycles.